The lowest BCUT2D eigenvalue weighted by Crippen LogP contribution is -2.40. The first-order valence-electron chi connectivity index (χ1n) is 6.53. The quantitative estimate of drug-likeness (QED) is 0.901. The van der Waals surface area contributed by atoms with E-state index in [-0.39, 0.29) is 12.1 Å². The molecule has 2 unspecified atom stereocenters. The molecule has 1 amide bonds. The topological polar surface area (TPSA) is 58.6 Å². The molecule has 2 heterocycles. The Kier molecular flexibility index (Phi) is 3.36. The van der Waals surface area contributed by atoms with Crippen LogP contribution >= 0.6 is 11.3 Å². The van der Waals surface area contributed by atoms with Crippen LogP contribution in [0, 0.1) is 0 Å². The first-order valence-corrected chi connectivity index (χ1v) is 7.41. The van der Waals surface area contributed by atoms with Crippen molar-refractivity contribution in [3.8, 4) is 16.2 Å². The zero-order chi connectivity index (χ0) is 14.1. The average molecular weight is 289 g/mol. The highest BCUT2D eigenvalue weighted by molar-refractivity contribution is 7.13. The van der Waals surface area contributed by atoms with E-state index in [0.29, 0.717) is 6.42 Å². The van der Waals surface area contributed by atoms with Crippen LogP contribution in [0.1, 0.15) is 25.0 Å². The van der Waals surface area contributed by atoms with Gasteiger partial charge in [-0.2, -0.15) is 0 Å². The Morgan fingerprint density at radius 2 is 2.25 bits per heavy atom. The second-order valence-corrected chi connectivity index (χ2v) is 5.62. The summed E-state index contributed by atoms with van der Waals surface area (Å²) < 4.78 is 6.05. The maximum Gasteiger partial charge on any atom is 0.405 e. The molecule has 0 fully saturated rings. The van der Waals surface area contributed by atoms with Gasteiger partial charge < -0.3 is 15.2 Å². The van der Waals surface area contributed by atoms with E-state index < -0.39 is 6.09 Å². The molecule has 1 aromatic carbocycles. The van der Waals surface area contributed by atoms with E-state index in [0.717, 1.165) is 16.9 Å². The summed E-state index contributed by atoms with van der Waals surface area (Å²) in [6.45, 7) is 1.95. The minimum atomic E-state index is -1.02. The van der Waals surface area contributed by atoms with Gasteiger partial charge in [0.2, 0.25) is 0 Å². The van der Waals surface area contributed by atoms with Crippen LogP contribution in [0.4, 0.5) is 4.79 Å². The van der Waals surface area contributed by atoms with Gasteiger partial charge in [-0.1, -0.05) is 19.1 Å². The highest BCUT2D eigenvalue weighted by Crippen LogP contribution is 2.46. The van der Waals surface area contributed by atoms with E-state index >= 15 is 0 Å². The van der Waals surface area contributed by atoms with Crippen LogP contribution in [0.5, 0.6) is 5.75 Å². The van der Waals surface area contributed by atoms with Crippen molar-refractivity contribution in [2.75, 3.05) is 0 Å². The van der Waals surface area contributed by atoms with Crippen molar-refractivity contribution < 1.29 is 14.6 Å². The molecule has 20 heavy (non-hydrogen) atoms. The molecule has 104 valence electrons. The number of hydrogen-bond acceptors (Lipinski definition) is 3. The van der Waals surface area contributed by atoms with Crippen molar-refractivity contribution in [1.82, 2.24) is 5.32 Å². The summed E-state index contributed by atoms with van der Waals surface area (Å²) in [5, 5.41) is 13.6. The van der Waals surface area contributed by atoms with E-state index in [9.17, 15) is 4.79 Å². The van der Waals surface area contributed by atoms with E-state index in [1.165, 1.54) is 4.88 Å². The molecule has 0 bridgehead atoms. The second-order valence-electron chi connectivity index (χ2n) is 4.70. The van der Waals surface area contributed by atoms with E-state index in [1.54, 1.807) is 11.3 Å². The van der Waals surface area contributed by atoms with E-state index in [4.69, 9.17) is 9.84 Å². The molecule has 4 nitrogen and oxygen atoms in total. The van der Waals surface area contributed by atoms with Gasteiger partial charge in [0.1, 0.15) is 11.9 Å². The molecular formula is C15H15NO3S. The molecule has 1 aromatic heterocycles. The lowest BCUT2D eigenvalue weighted by Gasteiger charge is -2.31. The van der Waals surface area contributed by atoms with Crippen molar-refractivity contribution in [3.63, 3.8) is 0 Å². The van der Waals surface area contributed by atoms with Gasteiger partial charge in [-0.25, -0.2) is 4.79 Å². The van der Waals surface area contributed by atoms with Crippen molar-refractivity contribution >= 4 is 17.4 Å². The van der Waals surface area contributed by atoms with E-state index in [2.05, 4.69) is 5.32 Å². The molecule has 0 aliphatic carbocycles. The van der Waals surface area contributed by atoms with Gasteiger partial charge in [-0.05, 0) is 30.0 Å². The van der Waals surface area contributed by atoms with Crippen molar-refractivity contribution in [2.24, 2.45) is 0 Å². The summed E-state index contributed by atoms with van der Waals surface area (Å²) in [4.78, 5) is 12.1. The van der Waals surface area contributed by atoms with Crippen molar-refractivity contribution in [3.05, 3.63) is 41.3 Å². The minimum absolute atomic E-state index is 0.255. The van der Waals surface area contributed by atoms with Gasteiger partial charge in [-0.15, -0.1) is 11.3 Å². The number of benzene rings is 1. The normalized spacial score (nSPS) is 17.6. The van der Waals surface area contributed by atoms with Crippen LogP contribution in [0.15, 0.2) is 35.7 Å². The van der Waals surface area contributed by atoms with Gasteiger partial charge in [0.15, 0.2) is 0 Å². The van der Waals surface area contributed by atoms with Crippen molar-refractivity contribution in [1.29, 1.82) is 0 Å². The Hall–Kier alpha value is -2.01. The maximum absolute atomic E-state index is 10.9. The predicted molar refractivity (Wildman–Crippen MR) is 78.4 cm³/mol. The number of fused-ring (bicyclic) bond motifs is 3. The molecule has 2 aromatic rings. The molecule has 1 aliphatic heterocycles. The molecule has 0 spiro atoms. The number of carboxylic acid groups (broad SMARTS) is 1. The molecule has 2 N–H and O–H groups in total. The molecule has 1 aliphatic rings. The largest absolute Gasteiger partial charge is 0.483 e. The molecule has 0 saturated carbocycles. The first-order chi connectivity index (χ1) is 9.70. The summed E-state index contributed by atoms with van der Waals surface area (Å²) in [5.74, 6) is 0.818. The monoisotopic (exact) mass is 289 g/mol. The van der Waals surface area contributed by atoms with Crippen molar-refractivity contribution in [2.45, 2.75) is 25.5 Å². The summed E-state index contributed by atoms with van der Waals surface area (Å²) in [6, 6.07) is 9.64. The third-order valence-electron chi connectivity index (χ3n) is 3.50. The molecular weight excluding hydrogens is 274 g/mol. The Labute approximate surface area is 121 Å². The SMILES string of the molecule is CCC(NC(=O)O)C1Oc2ccccc2-c2sccc21. The van der Waals surface area contributed by atoms with Crippen LogP contribution in [0.25, 0.3) is 10.4 Å². The maximum atomic E-state index is 10.9. The number of thiophene rings is 1. The third-order valence-corrected chi connectivity index (χ3v) is 4.47. The number of rotatable bonds is 3. The summed E-state index contributed by atoms with van der Waals surface area (Å²) in [6.07, 6.45) is -0.614. The minimum Gasteiger partial charge on any atom is -0.483 e. The highest BCUT2D eigenvalue weighted by atomic mass is 32.1. The fourth-order valence-corrected chi connectivity index (χ4v) is 3.54. The fraction of sp³-hybridized carbons (Fsp3) is 0.267. The smallest absolute Gasteiger partial charge is 0.405 e. The number of para-hydroxylation sites is 1. The third kappa shape index (κ3) is 2.14. The lowest BCUT2D eigenvalue weighted by atomic mass is 9.95. The Balaban J connectivity index is 2.02. The molecule has 5 heteroatoms. The van der Waals surface area contributed by atoms with Gasteiger partial charge in [0, 0.05) is 16.0 Å². The highest BCUT2D eigenvalue weighted by Gasteiger charge is 2.33. The van der Waals surface area contributed by atoms with Gasteiger partial charge in [0.25, 0.3) is 0 Å². The summed E-state index contributed by atoms with van der Waals surface area (Å²) >= 11 is 1.66. The Morgan fingerprint density at radius 3 is 3.00 bits per heavy atom. The van der Waals surface area contributed by atoms with Crippen LogP contribution in [-0.4, -0.2) is 17.2 Å². The predicted octanol–water partition coefficient (Wildman–Crippen LogP) is 3.89. The lowest BCUT2D eigenvalue weighted by molar-refractivity contribution is 0.136. The summed E-state index contributed by atoms with van der Waals surface area (Å²) in [7, 11) is 0. The average Bonchev–Trinajstić information content (AvgIpc) is 2.93. The molecule has 2 atom stereocenters. The number of carbonyl (C=O) groups is 1. The number of ether oxygens (including phenoxy) is 1. The van der Waals surface area contributed by atoms with Gasteiger partial charge in [-0.3, -0.25) is 0 Å². The molecule has 0 saturated heterocycles. The number of amides is 1. The van der Waals surface area contributed by atoms with Crippen LogP contribution in [-0.2, 0) is 0 Å². The standard InChI is InChI=1S/C15H15NO3S/c1-2-11(16-15(17)18)13-10-7-8-20-14(10)9-5-3-4-6-12(9)19-13/h3-8,11,13,16H,2H2,1H3,(H,17,18). The van der Waals surface area contributed by atoms with Crippen LogP contribution in [0.2, 0.25) is 0 Å². The number of nitrogens with one attached hydrogen (secondary N) is 1. The first kappa shape index (κ1) is 13.0. The van der Waals surface area contributed by atoms with Crippen LogP contribution in [0.3, 0.4) is 0 Å². The van der Waals surface area contributed by atoms with E-state index in [1.807, 2.05) is 42.6 Å². The zero-order valence-corrected chi connectivity index (χ0v) is 11.8. The second kappa shape index (κ2) is 5.17. The Bertz CT molecular complexity index is 638. The van der Waals surface area contributed by atoms with Gasteiger partial charge in [0.05, 0.1) is 6.04 Å². The van der Waals surface area contributed by atoms with Gasteiger partial charge >= 0.3 is 6.09 Å². The number of hydrogen-bond donors (Lipinski definition) is 2. The zero-order valence-electron chi connectivity index (χ0n) is 11.0. The summed E-state index contributed by atoms with van der Waals surface area (Å²) in [5.41, 5.74) is 2.15. The Morgan fingerprint density at radius 1 is 1.45 bits per heavy atom. The van der Waals surface area contributed by atoms with Crippen LogP contribution < -0.4 is 10.1 Å². The fourth-order valence-electron chi connectivity index (χ4n) is 2.57. The molecule has 3 rings (SSSR count). The molecule has 0 radical (unpaired) electrons.